The monoisotopic (exact) mass is 553 g/mol. The zero-order valence-electron chi connectivity index (χ0n) is 17.3. The van der Waals surface area contributed by atoms with Crippen LogP contribution in [0.15, 0.2) is 41.7 Å². The number of rotatable bonds is 4. The Balaban J connectivity index is 2.05. The Kier molecular flexibility index (Phi) is 6.04. The molecular formula is C21H9Cl2F8N5. The summed E-state index contributed by atoms with van der Waals surface area (Å²) in [5.74, 6) is -5.21. The Labute approximate surface area is 206 Å². The molecule has 36 heavy (non-hydrogen) atoms. The maximum Gasteiger partial charge on any atom is 0.416 e. The molecule has 0 spiro atoms. The molecule has 0 bridgehead atoms. The first-order valence-corrected chi connectivity index (χ1v) is 10.4. The number of benzene rings is 1. The Morgan fingerprint density at radius 1 is 1.06 bits per heavy atom. The quantitative estimate of drug-likeness (QED) is 0.257. The summed E-state index contributed by atoms with van der Waals surface area (Å²) in [6.45, 7) is 0. The van der Waals surface area contributed by atoms with E-state index in [4.69, 9.17) is 23.2 Å². The van der Waals surface area contributed by atoms with Crippen LogP contribution in [0.2, 0.25) is 10.0 Å². The average molecular weight is 554 g/mol. The molecule has 1 aromatic carbocycles. The van der Waals surface area contributed by atoms with Crippen LogP contribution in [-0.4, -0.2) is 33.1 Å². The van der Waals surface area contributed by atoms with Gasteiger partial charge in [-0.15, -0.1) is 0 Å². The Morgan fingerprint density at radius 3 is 2.06 bits per heavy atom. The van der Waals surface area contributed by atoms with Crippen molar-refractivity contribution in [2.75, 3.05) is 0 Å². The molecular weight excluding hydrogens is 545 g/mol. The lowest BCUT2D eigenvalue weighted by molar-refractivity contribution is -0.182. The first-order valence-electron chi connectivity index (χ1n) is 9.63. The minimum absolute atomic E-state index is 0.274. The molecule has 3 aromatic rings. The second-order valence-corrected chi connectivity index (χ2v) is 8.49. The van der Waals surface area contributed by atoms with Gasteiger partial charge in [-0.2, -0.15) is 36.7 Å². The van der Waals surface area contributed by atoms with Gasteiger partial charge in [0.25, 0.3) is 5.92 Å². The number of hydrogen-bond acceptors (Lipinski definition) is 4. The summed E-state index contributed by atoms with van der Waals surface area (Å²) in [6.07, 6.45) is -8.49. The van der Waals surface area contributed by atoms with Gasteiger partial charge in [-0.05, 0) is 29.8 Å². The van der Waals surface area contributed by atoms with Gasteiger partial charge in [0.15, 0.2) is 16.9 Å². The average Bonchev–Trinajstić information content (AvgIpc) is 3.19. The number of nitriles is 1. The van der Waals surface area contributed by atoms with Crippen molar-refractivity contribution in [1.82, 2.24) is 14.8 Å². The predicted octanol–water partition coefficient (Wildman–Crippen LogP) is 7.05. The summed E-state index contributed by atoms with van der Waals surface area (Å²) in [6, 6.07) is 4.97. The molecule has 1 aliphatic carbocycles. The van der Waals surface area contributed by atoms with Crippen molar-refractivity contribution < 1.29 is 35.1 Å². The number of aliphatic imine (C=N–C) groups is 1. The van der Waals surface area contributed by atoms with Crippen LogP contribution in [0, 0.1) is 11.3 Å². The van der Waals surface area contributed by atoms with E-state index in [0.717, 1.165) is 6.21 Å². The molecule has 15 heteroatoms. The summed E-state index contributed by atoms with van der Waals surface area (Å²) in [5.41, 5.74) is -7.72. The highest BCUT2D eigenvalue weighted by molar-refractivity contribution is 6.38. The number of halogens is 10. The topological polar surface area (TPSA) is 66.9 Å². The number of alkyl halides is 8. The normalized spacial score (nSPS) is 19.5. The molecule has 4 rings (SSSR count). The Hall–Kier alpha value is -3.24. The molecule has 1 aliphatic rings. The number of nitrogens with zero attached hydrogens (tertiary/aromatic N) is 5. The predicted molar refractivity (Wildman–Crippen MR) is 112 cm³/mol. The molecule has 0 aliphatic heterocycles. The smallest absolute Gasteiger partial charge is 0.265 e. The van der Waals surface area contributed by atoms with Crippen LogP contribution in [0.25, 0.3) is 5.69 Å². The van der Waals surface area contributed by atoms with Gasteiger partial charge in [0, 0.05) is 25.0 Å². The van der Waals surface area contributed by atoms with Gasteiger partial charge in [0.2, 0.25) is 0 Å². The highest BCUT2D eigenvalue weighted by Gasteiger charge is 2.86. The molecule has 2 aromatic heterocycles. The number of pyridine rings is 1. The minimum atomic E-state index is -5.54. The Morgan fingerprint density at radius 2 is 1.61 bits per heavy atom. The molecule has 2 heterocycles. The lowest BCUT2D eigenvalue weighted by Crippen LogP contribution is -2.35. The summed E-state index contributed by atoms with van der Waals surface area (Å²) < 4.78 is 111. The second kappa shape index (κ2) is 8.41. The third-order valence-corrected chi connectivity index (χ3v) is 6.04. The van der Waals surface area contributed by atoms with Crippen LogP contribution in [-0.2, 0) is 11.6 Å². The SMILES string of the molecule is N#Cc1nn(-c2c(Cl)cc(C(F)(F)F)cc2Cl)c(N=Cc2ccncc2)c1C1(C(F)(F)F)CC1(F)F. The van der Waals surface area contributed by atoms with Gasteiger partial charge < -0.3 is 0 Å². The molecule has 1 unspecified atom stereocenters. The molecule has 0 amide bonds. The van der Waals surface area contributed by atoms with E-state index < -0.39 is 68.5 Å². The molecule has 0 radical (unpaired) electrons. The molecule has 0 saturated heterocycles. The summed E-state index contributed by atoms with van der Waals surface area (Å²) in [5, 5.41) is 11.7. The van der Waals surface area contributed by atoms with Gasteiger partial charge in [-0.1, -0.05) is 23.2 Å². The first kappa shape index (κ1) is 25.8. The van der Waals surface area contributed by atoms with E-state index in [0.29, 0.717) is 16.8 Å². The number of hydrogen-bond donors (Lipinski definition) is 0. The fraction of sp³-hybridized carbons (Fsp3) is 0.238. The van der Waals surface area contributed by atoms with Crippen LogP contribution in [0.5, 0.6) is 0 Å². The van der Waals surface area contributed by atoms with Crippen molar-refractivity contribution in [2.45, 2.75) is 30.1 Å². The van der Waals surface area contributed by atoms with E-state index >= 15 is 0 Å². The lowest BCUT2D eigenvalue weighted by atomic mass is 9.93. The van der Waals surface area contributed by atoms with Crippen LogP contribution >= 0.6 is 23.2 Å². The van der Waals surface area contributed by atoms with Gasteiger partial charge in [0.05, 0.1) is 21.2 Å². The fourth-order valence-corrected chi connectivity index (χ4v) is 4.33. The highest BCUT2D eigenvalue weighted by atomic mass is 35.5. The van der Waals surface area contributed by atoms with Crippen molar-refractivity contribution >= 4 is 35.2 Å². The number of aromatic nitrogens is 3. The maximum absolute atomic E-state index is 14.3. The van der Waals surface area contributed by atoms with Crippen LogP contribution in [0.1, 0.15) is 28.8 Å². The van der Waals surface area contributed by atoms with E-state index in [1.54, 1.807) is 0 Å². The molecule has 1 atom stereocenters. The van der Waals surface area contributed by atoms with Crippen LogP contribution in [0.3, 0.4) is 0 Å². The summed E-state index contributed by atoms with van der Waals surface area (Å²) in [7, 11) is 0. The molecule has 188 valence electrons. The Bertz CT molecular complexity index is 1380. The summed E-state index contributed by atoms with van der Waals surface area (Å²) >= 11 is 12.0. The zero-order chi connectivity index (χ0) is 26.7. The van der Waals surface area contributed by atoms with Crippen molar-refractivity contribution in [3.05, 3.63) is 69.1 Å². The highest BCUT2D eigenvalue weighted by Crippen LogP contribution is 2.71. The van der Waals surface area contributed by atoms with Gasteiger partial charge >= 0.3 is 12.4 Å². The van der Waals surface area contributed by atoms with Gasteiger partial charge in [0.1, 0.15) is 11.8 Å². The van der Waals surface area contributed by atoms with Crippen molar-refractivity contribution in [3.8, 4) is 11.8 Å². The second-order valence-electron chi connectivity index (χ2n) is 7.68. The van der Waals surface area contributed by atoms with Crippen molar-refractivity contribution in [1.29, 1.82) is 5.26 Å². The van der Waals surface area contributed by atoms with Crippen molar-refractivity contribution in [2.24, 2.45) is 4.99 Å². The third-order valence-electron chi connectivity index (χ3n) is 5.46. The van der Waals surface area contributed by atoms with E-state index in [-0.39, 0.29) is 5.56 Å². The molecule has 1 saturated carbocycles. The van der Waals surface area contributed by atoms with E-state index in [1.165, 1.54) is 30.6 Å². The van der Waals surface area contributed by atoms with E-state index in [9.17, 15) is 40.4 Å². The largest absolute Gasteiger partial charge is 0.416 e. The maximum atomic E-state index is 14.3. The third kappa shape index (κ3) is 4.08. The first-order chi connectivity index (χ1) is 16.6. The van der Waals surface area contributed by atoms with E-state index in [1.807, 2.05) is 0 Å². The van der Waals surface area contributed by atoms with Gasteiger partial charge in [-0.25, -0.2) is 18.5 Å². The molecule has 5 nitrogen and oxygen atoms in total. The van der Waals surface area contributed by atoms with Crippen molar-refractivity contribution in [3.63, 3.8) is 0 Å². The summed E-state index contributed by atoms with van der Waals surface area (Å²) in [4.78, 5) is 7.64. The molecule has 0 N–H and O–H groups in total. The van der Waals surface area contributed by atoms with E-state index in [2.05, 4.69) is 15.1 Å². The fourth-order valence-electron chi connectivity index (χ4n) is 3.68. The van der Waals surface area contributed by atoms with Gasteiger partial charge in [-0.3, -0.25) is 4.98 Å². The minimum Gasteiger partial charge on any atom is -0.265 e. The molecule has 1 fully saturated rings. The zero-order valence-corrected chi connectivity index (χ0v) is 18.8. The lowest BCUT2D eigenvalue weighted by Gasteiger charge is -2.20. The van der Waals surface area contributed by atoms with Crippen LogP contribution < -0.4 is 0 Å². The standard InChI is InChI=1S/C21H9Cl2F8N5/c22-12-5-11(20(26,27)28)6-13(23)16(12)36-17(34-8-10-1-3-33-4-2-10)15(14(7-32)35-36)18(21(29,30)31)9-19(18,24)25/h1-6,8H,9H2. The van der Waals surface area contributed by atoms with Crippen LogP contribution in [0.4, 0.5) is 40.9 Å².